The van der Waals surface area contributed by atoms with Crippen molar-refractivity contribution in [1.29, 1.82) is 0 Å². The molecule has 0 aromatic carbocycles. The fourth-order valence-electron chi connectivity index (χ4n) is 1.85. The molecule has 0 bridgehead atoms. The van der Waals surface area contributed by atoms with Crippen molar-refractivity contribution in [2.24, 2.45) is 0 Å². The van der Waals surface area contributed by atoms with E-state index in [9.17, 15) is 4.79 Å². The highest BCUT2D eigenvalue weighted by Crippen LogP contribution is 2.17. The molecule has 0 spiro atoms. The molecular weight excluding hydrogens is 206 g/mol. The van der Waals surface area contributed by atoms with Gasteiger partial charge in [-0.25, -0.2) is 4.68 Å². The van der Waals surface area contributed by atoms with Crippen LogP contribution in [0.4, 0.5) is 0 Å². The molecule has 1 fully saturated rings. The van der Waals surface area contributed by atoms with E-state index in [0.717, 1.165) is 25.9 Å². The molecule has 1 aromatic rings. The molecule has 0 radical (unpaired) electrons. The Hall–Kier alpha value is -1.43. The number of nitrogens with zero attached hydrogens (tertiary/aromatic N) is 4. The quantitative estimate of drug-likeness (QED) is 0.760. The van der Waals surface area contributed by atoms with Gasteiger partial charge in [0.15, 0.2) is 5.69 Å². The zero-order valence-corrected chi connectivity index (χ0v) is 9.68. The zero-order chi connectivity index (χ0) is 11.5. The first kappa shape index (κ1) is 11.1. The minimum absolute atomic E-state index is 0.0971. The molecule has 1 aromatic heterocycles. The van der Waals surface area contributed by atoms with Crippen LogP contribution in [0.2, 0.25) is 0 Å². The van der Waals surface area contributed by atoms with Crippen LogP contribution in [0.25, 0.3) is 0 Å². The molecule has 0 atom stereocenters. The Bertz CT molecular complexity index is 367. The minimum atomic E-state index is -0.0971. The van der Waals surface area contributed by atoms with Crippen molar-refractivity contribution in [1.82, 2.24) is 25.2 Å². The first-order valence-electron chi connectivity index (χ1n) is 5.52. The average Bonchev–Trinajstić information content (AvgIpc) is 2.78. The van der Waals surface area contributed by atoms with E-state index in [1.54, 1.807) is 20.3 Å². The van der Waals surface area contributed by atoms with Crippen LogP contribution in [0.3, 0.4) is 0 Å². The summed E-state index contributed by atoms with van der Waals surface area (Å²) in [5.41, 5.74) is 0.420. The summed E-state index contributed by atoms with van der Waals surface area (Å²) >= 11 is 0. The van der Waals surface area contributed by atoms with Crippen molar-refractivity contribution in [2.75, 3.05) is 27.2 Å². The van der Waals surface area contributed by atoms with Crippen LogP contribution in [0.1, 0.15) is 29.4 Å². The van der Waals surface area contributed by atoms with E-state index in [-0.39, 0.29) is 5.91 Å². The highest BCUT2D eigenvalue weighted by molar-refractivity contribution is 5.91. The minimum Gasteiger partial charge on any atom is -0.343 e. The summed E-state index contributed by atoms with van der Waals surface area (Å²) in [5.74, 6) is -0.0971. The summed E-state index contributed by atoms with van der Waals surface area (Å²) in [6.07, 6.45) is 3.83. The fraction of sp³-hybridized carbons (Fsp3) is 0.700. The van der Waals surface area contributed by atoms with Gasteiger partial charge in [0.1, 0.15) is 0 Å². The number of hydrogen-bond donors (Lipinski definition) is 1. The lowest BCUT2D eigenvalue weighted by atomic mass is 10.1. The predicted octanol–water partition coefficient (Wildman–Crippen LogP) is -0.0956. The maximum Gasteiger partial charge on any atom is 0.275 e. The maximum atomic E-state index is 11.6. The molecule has 1 aliphatic heterocycles. The van der Waals surface area contributed by atoms with Crippen LogP contribution in [0, 0.1) is 0 Å². The van der Waals surface area contributed by atoms with Crippen LogP contribution in [0.5, 0.6) is 0 Å². The Morgan fingerprint density at radius 1 is 1.50 bits per heavy atom. The first-order valence-corrected chi connectivity index (χ1v) is 5.52. The Labute approximate surface area is 94.6 Å². The number of carbonyl (C=O) groups is 1. The molecule has 2 heterocycles. The largest absolute Gasteiger partial charge is 0.343 e. The molecule has 16 heavy (non-hydrogen) atoms. The molecule has 88 valence electrons. The number of hydrogen-bond acceptors (Lipinski definition) is 4. The Balaban J connectivity index is 2.09. The van der Waals surface area contributed by atoms with Crippen molar-refractivity contribution in [3.63, 3.8) is 0 Å². The van der Waals surface area contributed by atoms with E-state index < -0.39 is 0 Å². The smallest absolute Gasteiger partial charge is 0.275 e. The van der Waals surface area contributed by atoms with Gasteiger partial charge in [0.05, 0.1) is 12.2 Å². The second-order valence-electron chi connectivity index (χ2n) is 4.26. The number of piperidine rings is 1. The molecular formula is C10H17N5O. The van der Waals surface area contributed by atoms with Gasteiger partial charge in [-0.1, -0.05) is 5.21 Å². The number of aromatic nitrogens is 3. The molecule has 0 aliphatic carbocycles. The van der Waals surface area contributed by atoms with Crippen LogP contribution in [0.15, 0.2) is 6.20 Å². The lowest BCUT2D eigenvalue weighted by Crippen LogP contribution is -2.29. The SMILES string of the molecule is CN(C)C(=O)c1cn(C2CCNCC2)nn1. The first-order chi connectivity index (χ1) is 7.68. The molecule has 0 unspecified atom stereocenters. The Kier molecular flexibility index (Phi) is 3.19. The number of rotatable bonds is 2. The van der Waals surface area contributed by atoms with Crippen molar-refractivity contribution in [2.45, 2.75) is 18.9 Å². The summed E-state index contributed by atoms with van der Waals surface area (Å²) in [6.45, 7) is 2.00. The van der Waals surface area contributed by atoms with Crippen molar-refractivity contribution in [3.8, 4) is 0 Å². The van der Waals surface area contributed by atoms with Crippen LogP contribution < -0.4 is 5.32 Å². The van der Waals surface area contributed by atoms with Crippen molar-refractivity contribution < 1.29 is 4.79 Å². The van der Waals surface area contributed by atoms with Crippen LogP contribution in [-0.2, 0) is 0 Å². The Morgan fingerprint density at radius 2 is 2.19 bits per heavy atom. The van der Waals surface area contributed by atoms with E-state index in [4.69, 9.17) is 0 Å². The number of carbonyl (C=O) groups excluding carboxylic acids is 1. The zero-order valence-electron chi connectivity index (χ0n) is 9.68. The highest BCUT2D eigenvalue weighted by atomic mass is 16.2. The lowest BCUT2D eigenvalue weighted by Gasteiger charge is -2.22. The van der Waals surface area contributed by atoms with Gasteiger partial charge < -0.3 is 10.2 Å². The third-order valence-electron chi connectivity index (χ3n) is 2.82. The normalized spacial score (nSPS) is 17.4. The van der Waals surface area contributed by atoms with E-state index in [1.807, 2.05) is 4.68 Å². The summed E-state index contributed by atoms with van der Waals surface area (Å²) in [7, 11) is 3.43. The maximum absolute atomic E-state index is 11.6. The Morgan fingerprint density at radius 3 is 2.81 bits per heavy atom. The molecule has 6 heteroatoms. The van der Waals surface area contributed by atoms with E-state index in [0.29, 0.717) is 11.7 Å². The molecule has 2 rings (SSSR count). The fourth-order valence-corrected chi connectivity index (χ4v) is 1.85. The topological polar surface area (TPSA) is 63.1 Å². The van der Waals surface area contributed by atoms with E-state index >= 15 is 0 Å². The standard InChI is InChI=1S/C10H17N5O/c1-14(2)10(16)9-7-15(13-12-9)8-3-5-11-6-4-8/h7-8,11H,3-6H2,1-2H3. The summed E-state index contributed by atoms with van der Waals surface area (Å²) in [4.78, 5) is 13.1. The second kappa shape index (κ2) is 4.61. The average molecular weight is 223 g/mol. The molecule has 1 aliphatic rings. The van der Waals surface area contributed by atoms with Gasteiger partial charge >= 0.3 is 0 Å². The molecule has 1 N–H and O–H groups in total. The van der Waals surface area contributed by atoms with Gasteiger partial charge in [0, 0.05) is 14.1 Å². The predicted molar refractivity (Wildman–Crippen MR) is 59.2 cm³/mol. The molecule has 1 amide bonds. The third-order valence-corrected chi connectivity index (χ3v) is 2.82. The number of nitrogens with one attached hydrogen (secondary N) is 1. The van der Waals surface area contributed by atoms with E-state index in [2.05, 4.69) is 15.6 Å². The van der Waals surface area contributed by atoms with Gasteiger partial charge in [-0.2, -0.15) is 0 Å². The third kappa shape index (κ3) is 2.21. The lowest BCUT2D eigenvalue weighted by molar-refractivity contribution is 0.0822. The van der Waals surface area contributed by atoms with E-state index in [1.165, 1.54) is 4.90 Å². The van der Waals surface area contributed by atoms with Crippen molar-refractivity contribution >= 4 is 5.91 Å². The van der Waals surface area contributed by atoms with Crippen molar-refractivity contribution in [3.05, 3.63) is 11.9 Å². The van der Waals surface area contributed by atoms with Crippen LogP contribution >= 0.6 is 0 Å². The second-order valence-corrected chi connectivity index (χ2v) is 4.26. The van der Waals surface area contributed by atoms with Gasteiger partial charge in [-0.05, 0) is 25.9 Å². The van der Waals surface area contributed by atoms with Gasteiger partial charge in [0.2, 0.25) is 0 Å². The number of amides is 1. The van der Waals surface area contributed by atoms with Gasteiger partial charge in [-0.15, -0.1) is 5.10 Å². The molecule has 1 saturated heterocycles. The van der Waals surface area contributed by atoms with Gasteiger partial charge in [-0.3, -0.25) is 4.79 Å². The monoisotopic (exact) mass is 223 g/mol. The molecule has 6 nitrogen and oxygen atoms in total. The van der Waals surface area contributed by atoms with Crippen LogP contribution in [-0.4, -0.2) is 53.0 Å². The van der Waals surface area contributed by atoms with Gasteiger partial charge in [0.25, 0.3) is 5.91 Å². The summed E-state index contributed by atoms with van der Waals surface area (Å²) in [5, 5.41) is 11.2. The summed E-state index contributed by atoms with van der Waals surface area (Å²) < 4.78 is 1.82. The summed E-state index contributed by atoms with van der Waals surface area (Å²) in [6, 6.07) is 0.373. The molecule has 0 saturated carbocycles. The highest BCUT2D eigenvalue weighted by Gasteiger charge is 2.19.